The summed E-state index contributed by atoms with van der Waals surface area (Å²) in [5, 5.41) is 8.85. The molecule has 5 nitrogen and oxygen atoms in total. The van der Waals surface area contributed by atoms with E-state index in [9.17, 15) is 0 Å². The SMILES string of the molecule is CC1(C)CCC(C)(C)c2cc(-c3ccnc(-c4ccc(C(N)CNO)cc4)n3)ccc21. The van der Waals surface area contributed by atoms with Crippen molar-refractivity contribution >= 4 is 0 Å². The smallest absolute Gasteiger partial charge is 0.159 e. The highest BCUT2D eigenvalue weighted by Gasteiger charge is 2.37. The van der Waals surface area contributed by atoms with Crippen LogP contribution in [0.1, 0.15) is 63.3 Å². The van der Waals surface area contributed by atoms with Gasteiger partial charge in [0, 0.05) is 29.9 Å². The lowest BCUT2D eigenvalue weighted by Gasteiger charge is -2.42. The molecule has 1 aliphatic rings. The van der Waals surface area contributed by atoms with E-state index < -0.39 is 0 Å². The zero-order valence-electron chi connectivity index (χ0n) is 18.8. The van der Waals surface area contributed by atoms with Gasteiger partial charge in [0.25, 0.3) is 0 Å². The molecule has 1 unspecified atom stereocenters. The van der Waals surface area contributed by atoms with Crippen LogP contribution < -0.4 is 11.2 Å². The molecule has 4 N–H and O–H groups in total. The molecule has 0 aliphatic heterocycles. The van der Waals surface area contributed by atoms with Crippen LogP contribution in [0.15, 0.2) is 54.7 Å². The molecule has 1 heterocycles. The summed E-state index contributed by atoms with van der Waals surface area (Å²) in [4.78, 5) is 9.35. The summed E-state index contributed by atoms with van der Waals surface area (Å²) < 4.78 is 0. The van der Waals surface area contributed by atoms with Crippen molar-refractivity contribution in [2.75, 3.05) is 6.54 Å². The van der Waals surface area contributed by atoms with Crippen LogP contribution in [0.2, 0.25) is 0 Å². The number of fused-ring (bicyclic) bond motifs is 1. The molecule has 3 aromatic rings. The van der Waals surface area contributed by atoms with Crippen molar-refractivity contribution < 1.29 is 5.21 Å². The van der Waals surface area contributed by atoms with Crippen molar-refractivity contribution in [1.82, 2.24) is 15.4 Å². The van der Waals surface area contributed by atoms with Crippen LogP contribution in [-0.4, -0.2) is 21.7 Å². The van der Waals surface area contributed by atoms with Crippen LogP contribution in [0.3, 0.4) is 0 Å². The fraction of sp³-hybridized carbons (Fsp3) is 0.385. The third-order valence-corrected chi connectivity index (χ3v) is 6.71. The van der Waals surface area contributed by atoms with Gasteiger partial charge in [-0.2, -0.15) is 0 Å². The van der Waals surface area contributed by atoms with Crippen LogP contribution in [0.5, 0.6) is 0 Å². The van der Waals surface area contributed by atoms with Crippen molar-refractivity contribution in [1.29, 1.82) is 0 Å². The maximum absolute atomic E-state index is 8.85. The summed E-state index contributed by atoms with van der Waals surface area (Å²) in [5.41, 5.74) is 15.3. The lowest BCUT2D eigenvalue weighted by Crippen LogP contribution is -2.33. The van der Waals surface area contributed by atoms with Gasteiger partial charge >= 0.3 is 0 Å². The van der Waals surface area contributed by atoms with Gasteiger partial charge in [0.1, 0.15) is 0 Å². The maximum Gasteiger partial charge on any atom is 0.159 e. The van der Waals surface area contributed by atoms with Crippen molar-refractivity contribution in [2.45, 2.75) is 57.4 Å². The van der Waals surface area contributed by atoms with Gasteiger partial charge in [-0.1, -0.05) is 64.1 Å². The normalized spacial score (nSPS) is 17.7. The van der Waals surface area contributed by atoms with E-state index in [1.54, 1.807) is 0 Å². The Morgan fingerprint density at radius 2 is 1.58 bits per heavy atom. The van der Waals surface area contributed by atoms with E-state index in [1.165, 1.54) is 24.0 Å². The lowest BCUT2D eigenvalue weighted by molar-refractivity contribution is 0.160. The monoisotopic (exact) mass is 416 g/mol. The van der Waals surface area contributed by atoms with Crippen LogP contribution in [-0.2, 0) is 10.8 Å². The quantitative estimate of drug-likeness (QED) is 0.502. The number of rotatable bonds is 5. The topological polar surface area (TPSA) is 84.1 Å². The second-order valence-electron chi connectivity index (χ2n) is 9.88. The summed E-state index contributed by atoms with van der Waals surface area (Å²) in [6.45, 7) is 9.67. The summed E-state index contributed by atoms with van der Waals surface area (Å²) in [6, 6.07) is 16.4. The number of hydrogen-bond donors (Lipinski definition) is 3. The average Bonchev–Trinajstić information content (AvgIpc) is 2.77. The number of benzene rings is 2. The van der Waals surface area contributed by atoms with Gasteiger partial charge in [-0.05, 0) is 52.5 Å². The molecular formula is C26H32N4O. The fourth-order valence-corrected chi connectivity index (χ4v) is 4.50. The van der Waals surface area contributed by atoms with Crippen LogP contribution in [0.4, 0.5) is 0 Å². The molecule has 0 amide bonds. The molecule has 2 aromatic carbocycles. The first kappa shape index (κ1) is 21.6. The Balaban J connectivity index is 1.68. The minimum Gasteiger partial charge on any atom is -0.323 e. The van der Waals surface area contributed by atoms with Crippen molar-refractivity contribution in [2.24, 2.45) is 5.73 Å². The number of hydrogen-bond acceptors (Lipinski definition) is 5. The van der Waals surface area contributed by atoms with Crippen LogP contribution >= 0.6 is 0 Å². The maximum atomic E-state index is 8.85. The molecule has 1 atom stereocenters. The molecule has 31 heavy (non-hydrogen) atoms. The van der Waals surface area contributed by atoms with Crippen molar-refractivity contribution in [3.8, 4) is 22.6 Å². The molecule has 0 fully saturated rings. The summed E-state index contributed by atoms with van der Waals surface area (Å²) in [5.74, 6) is 0.690. The van der Waals surface area contributed by atoms with Gasteiger partial charge in [0.05, 0.1) is 5.69 Å². The second-order valence-corrected chi connectivity index (χ2v) is 9.88. The molecule has 1 aliphatic carbocycles. The van der Waals surface area contributed by atoms with Gasteiger partial charge in [-0.15, -0.1) is 0 Å². The largest absolute Gasteiger partial charge is 0.323 e. The standard InChI is InChI=1S/C26H32N4O/c1-25(2)12-13-26(3,4)21-15-19(9-10-20(21)25)23-11-14-28-24(30-23)18-7-5-17(6-8-18)22(27)16-29-31/h5-11,14-15,22,29,31H,12-13,16,27H2,1-4H3. The van der Waals surface area contributed by atoms with Gasteiger partial charge < -0.3 is 10.9 Å². The van der Waals surface area contributed by atoms with E-state index in [0.29, 0.717) is 12.4 Å². The minimum absolute atomic E-state index is 0.161. The molecule has 0 spiro atoms. The summed E-state index contributed by atoms with van der Waals surface area (Å²) in [6.07, 6.45) is 4.21. The molecular weight excluding hydrogens is 384 g/mol. The number of nitrogens with two attached hydrogens (primary N) is 1. The fourth-order valence-electron chi connectivity index (χ4n) is 4.50. The first-order valence-corrected chi connectivity index (χ1v) is 10.9. The minimum atomic E-state index is -0.269. The van der Waals surface area contributed by atoms with E-state index in [4.69, 9.17) is 15.9 Å². The molecule has 0 bridgehead atoms. The molecule has 0 saturated heterocycles. The first-order chi connectivity index (χ1) is 14.7. The van der Waals surface area contributed by atoms with Gasteiger partial charge in [0.15, 0.2) is 5.82 Å². The predicted molar refractivity (Wildman–Crippen MR) is 125 cm³/mol. The Kier molecular flexibility index (Phi) is 5.69. The zero-order valence-corrected chi connectivity index (χ0v) is 18.8. The Morgan fingerprint density at radius 3 is 2.26 bits per heavy atom. The Morgan fingerprint density at radius 1 is 0.935 bits per heavy atom. The van der Waals surface area contributed by atoms with E-state index in [0.717, 1.165) is 22.4 Å². The number of aromatic nitrogens is 2. The van der Waals surface area contributed by atoms with Crippen molar-refractivity contribution in [3.63, 3.8) is 0 Å². The number of nitrogens with zero attached hydrogens (tertiary/aromatic N) is 2. The average molecular weight is 417 g/mol. The van der Waals surface area contributed by atoms with E-state index in [-0.39, 0.29) is 16.9 Å². The van der Waals surface area contributed by atoms with Gasteiger partial charge in [-0.25, -0.2) is 15.4 Å². The molecule has 162 valence electrons. The molecule has 4 rings (SSSR count). The highest BCUT2D eigenvalue weighted by atomic mass is 16.5. The number of nitrogens with one attached hydrogen (secondary N) is 1. The Labute approximate surface area is 184 Å². The third kappa shape index (κ3) is 4.26. The zero-order chi connectivity index (χ0) is 22.2. The van der Waals surface area contributed by atoms with E-state index in [2.05, 4.69) is 56.4 Å². The molecule has 0 saturated carbocycles. The lowest BCUT2D eigenvalue weighted by atomic mass is 9.63. The predicted octanol–water partition coefficient (Wildman–Crippen LogP) is 5.14. The summed E-state index contributed by atoms with van der Waals surface area (Å²) >= 11 is 0. The summed E-state index contributed by atoms with van der Waals surface area (Å²) in [7, 11) is 0. The second kappa shape index (κ2) is 8.15. The Hall–Kier alpha value is -2.60. The highest BCUT2D eigenvalue weighted by Crippen LogP contribution is 2.46. The molecule has 0 radical (unpaired) electrons. The molecule has 5 heteroatoms. The number of hydroxylamine groups is 1. The van der Waals surface area contributed by atoms with Gasteiger partial charge in [-0.3, -0.25) is 0 Å². The van der Waals surface area contributed by atoms with Crippen LogP contribution in [0.25, 0.3) is 22.6 Å². The Bertz CT molecular complexity index is 1070. The first-order valence-electron chi connectivity index (χ1n) is 10.9. The third-order valence-electron chi connectivity index (χ3n) is 6.71. The van der Waals surface area contributed by atoms with Gasteiger partial charge in [0.2, 0.25) is 0 Å². The highest BCUT2D eigenvalue weighted by molar-refractivity contribution is 5.66. The van der Waals surface area contributed by atoms with E-state index in [1.807, 2.05) is 36.5 Å². The van der Waals surface area contributed by atoms with Crippen molar-refractivity contribution in [3.05, 3.63) is 71.4 Å². The molecule has 1 aromatic heterocycles. The van der Waals surface area contributed by atoms with E-state index >= 15 is 0 Å². The van der Waals surface area contributed by atoms with Crippen LogP contribution in [0, 0.1) is 0 Å².